The van der Waals surface area contributed by atoms with Crippen LogP contribution in [-0.2, 0) is 19.6 Å². The van der Waals surface area contributed by atoms with E-state index in [4.69, 9.17) is 5.73 Å². The van der Waals surface area contributed by atoms with E-state index >= 15 is 0 Å². The van der Waals surface area contributed by atoms with Crippen molar-refractivity contribution in [1.29, 1.82) is 0 Å². The Labute approximate surface area is 119 Å². The van der Waals surface area contributed by atoms with Gasteiger partial charge in [0.2, 0.25) is 0 Å². The van der Waals surface area contributed by atoms with Gasteiger partial charge in [-0.3, -0.25) is 4.90 Å². The van der Waals surface area contributed by atoms with Crippen LogP contribution < -0.4 is 5.73 Å². The Morgan fingerprint density at radius 3 is 3.20 bits per heavy atom. The van der Waals surface area contributed by atoms with Crippen molar-refractivity contribution in [1.82, 2.24) is 29.6 Å². The van der Waals surface area contributed by atoms with Gasteiger partial charge in [0.15, 0.2) is 0 Å². The zero-order valence-electron chi connectivity index (χ0n) is 10.7. The Morgan fingerprint density at radius 2 is 2.25 bits per heavy atom. The van der Waals surface area contributed by atoms with Gasteiger partial charge in [0.05, 0.1) is 18.5 Å². The van der Waals surface area contributed by atoms with Crippen LogP contribution in [0.2, 0.25) is 0 Å². The third-order valence-electron chi connectivity index (χ3n) is 3.48. The average molecular weight is 287 g/mol. The number of rotatable bonds is 2. The molecule has 7 nitrogen and oxygen atoms in total. The van der Waals surface area contributed by atoms with Crippen LogP contribution in [0.15, 0.2) is 17.8 Å². The number of hydrogen-bond acceptors (Lipinski definition) is 7. The van der Waals surface area contributed by atoms with Gasteiger partial charge >= 0.3 is 0 Å². The zero-order valence-corrected chi connectivity index (χ0v) is 11.5. The van der Waals surface area contributed by atoms with Crippen molar-refractivity contribution in [2.45, 2.75) is 19.6 Å². The fraction of sp³-hybridized carbons (Fsp3) is 0.333. The molecule has 0 saturated heterocycles. The van der Waals surface area contributed by atoms with Crippen molar-refractivity contribution in [3.05, 3.63) is 29.4 Å². The molecule has 0 atom stereocenters. The van der Waals surface area contributed by atoms with Crippen LogP contribution >= 0.6 is 11.3 Å². The number of aromatic nitrogens is 5. The summed E-state index contributed by atoms with van der Waals surface area (Å²) in [5.74, 6) is 2.32. The number of hydrogen-bond donors (Lipinski definition) is 1. The predicted octanol–water partition coefficient (Wildman–Crippen LogP) is 0.881. The molecule has 0 unspecified atom stereocenters. The predicted molar refractivity (Wildman–Crippen MR) is 76.0 cm³/mol. The summed E-state index contributed by atoms with van der Waals surface area (Å²) in [5, 5.41) is 11.0. The quantitative estimate of drug-likeness (QED) is 0.753. The molecule has 3 aromatic rings. The maximum Gasteiger partial charge on any atom is 0.147 e. The molecule has 4 rings (SSSR count). The van der Waals surface area contributed by atoms with Gasteiger partial charge in [-0.05, 0) is 11.4 Å². The van der Waals surface area contributed by atoms with E-state index in [1.807, 2.05) is 11.4 Å². The molecule has 1 aliphatic rings. The minimum atomic E-state index is 0.562. The third-order valence-corrected chi connectivity index (χ3v) is 4.29. The molecule has 3 aromatic heterocycles. The second kappa shape index (κ2) is 4.50. The van der Waals surface area contributed by atoms with E-state index in [-0.39, 0.29) is 0 Å². The highest BCUT2D eigenvalue weighted by Crippen LogP contribution is 2.23. The van der Waals surface area contributed by atoms with Crippen molar-refractivity contribution in [2.24, 2.45) is 0 Å². The summed E-state index contributed by atoms with van der Waals surface area (Å²) in [7, 11) is 0. The topological polar surface area (TPSA) is 85.8 Å². The van der Waals surface area contributed by atoms with E-state index in [0.29, 0.717) is 12.4 Å². The maximum atomic E-state index is 5.98. The Hall–Kier alpha value is -2.06. The molecule has 0 radical (unpaired) electrons. The highest BCUT2D eigenvalue weighted by molar-refractivity contribution is 7.16. The zero-order chi connectivity index (χ0) is 13.5. The number of nitrogens with two attached hydrogens (primary N) is 1. The number of nitrogens with zero attached hydrogens (tertiary/aromatic N) is 6. The summed E-state index contributed by atoms with van der Waals surface area (Å²) in [4.78, 5) is 12.2. The lowest BCUT2D eigenvalue weighted by Gasteiger charge is -2.26. The van der Waals surface area contributed by atoms with Crippen LogP contribution in [0.3, 0.4) is 0 Å². The molecular formula is C12H13N7S. The fourth-order valence-electron chi connectivity index (χ4n) is 2.45. The molecule has 0 fully saturated rings. The molecule has 0 aromatic carbocycles. The van der Waals surface area contributed by atoms with Crippen molar-refractivity contribution in [3.8, 4) is 0 Å². The smallest absolute Gasteiger partial charge is 0.147 e. The van der Waals surface area contributed by atoms with Crippen LogP contribution in [0, 0.1) is 0 Å². The summed E-state index contributed by atoms with van der Waals surface area (Å²) in [5.41, 5.74) is 5.98. The Balaban J connectivity index is 1.59. The third kappa shape index (κ3) is 1.93. The monoisotopic (exact) mass is 287 g/mol. The Morgan fingerprint density at radius 1 is 1.30 bits per heavy atom. The average Bonchev–Trinajstić information content (AvgIpc) is 3.06. The van der Waals surface area contributed by atoms with Gasteiger partial charge in [0.1, 0.15) is 28.6 Å². The summed E-state index contributed by atoms with van der Waals surface area (Å²) in [6, 6.07) is 1.96. The molecule has 0 amide bonds. The standard InChI is InChI=1S/C12H13N7S/c13-11-8-1-4-20-12(8)16-9(15-11)5-18-2-3-19-7-14-17-10(19)6-18/h1,4,7H,2-3,5-6H2,(H2,13,15,16). The van der Waals surface area contributed by atoms with E-state index < -0.39 is 0 Å². The van der Waals surface area contributed by atoms with E-state index in [9.17, 15) is 0 Å². The second-order valence-electron chi connectivity index (χ2n) is 4.82. The fourth-order valence-corrected chi connectivity index (χ4v) is 3.24. The van der Waals surface area contributed by atoms with Gasteiger partial charge in [0, 0.05) is 13.1 Å². The molecule has 0 saturated carbocycles. The van der Waals surface area contributed by atoms with Gasteiger partial charge in [-0.25, -0.2) is 9.97 Å². The van der Waals surface area contributed by atoms with Crippen LogP contribution in [-0.4, -0.2) is 36.2 Å². The first-order chi connectivity index (χ1) is 9.79. The molecule has 0 bridgehead atoms. The number of thiophene rings is 1. The number of nitrogen functional groups attached to an aromatic ring is 1. The van der Waals surface area contributed by atoms with Crippen molar-refractivity contribution >= 4 is 27.4 Å². The molecule has 0 aliphatic carbocycles. The van der Waals surface area contributed by atoms with Crippen molar-refractivity contribution in [2.75, 3.05) is 12.3 Å². The lowest BCUT2D eigenvalue weighted by molar-refractivity contribution is 0.204. The first-order valence-electron chi connectivity index (χ1n) is 6.38. The minimum absolute atomic E-state index is 0.562. The minimum Gasteiger partial charge on any atom is -0.383 e. The normalized spacial score (nSPS) is 15.6. The van der Waals surface area contributed by atoms with Crippen LogP contribution in [0.5, 0.6) is 0 Å². The Bertz CT molecular complexity index is 762. The maximum absolute atomic E-state index is 5.98. The van der Waals surface area contributed by atoms with Gasteiger partial charge in [-0.15, -0.1) is 21.5 Å². The molecule has 8 heteroatoms. The number of fused-ring (bicyclic) bond motifs is 2. The summed E-state index contributed by atoms with van der Waals surface area (Å²) < 4.78 is 2.08. The second-order valence-corrected chi connectivity index (χ2v) is 5.71. The Kier molecular flexibility index (Phi) is 2.64. The molecular weight excluding hydrogens is 274 g/mol. The molecule has 4 heterocycles. The lowest BCUT2D eigenvalue weighted by atomic mass is 10.3. The molecule has 1 aliphatic heterocycles. The molecule has 2 N–H and O–H groups in total. The molecule has 0 spiro atoms. The number of anilines is 1. The highest BCUT2D eigenvalue weighted by atomic mass is 32.1. The van der Waals surface area contributed by atoms with E-state index in [1.165, 1.54) is 0 Å². The largest absolute Gasteiger partial charge is 0.383 e. The summed E-state index contributed by atoms with van der Waals surface area (Å²) in [6.07, 6.45) is 1.78. The van der Waals surface area contributed by atoms with E-state index in [0.717, 1.165) is 41.5 Å². The highest BCUT2D eigenvalue weighted by Gasteiger charge is 2.19. The SMILES string of the molecule is Nc1nc(CN2CCn3cnnc3C2)nc2sccc12. The van der Waals surface area contributed by atoms with Gasteiger partial charge < -0.3 is 10.3 Å². The lowest BCUT2D eigenvalue weighted by Crippen LogP contribution is -2.33. The first-order valence-corrected chi connectivity index (χ1v) is 7.26. The van der Waals surface area contributed by atoms with E-state index in [2.05, 4.69) is 29.6 Å². The van der Waals surface area contributed by atoms with Crippen LogP contribution in [0.4, 0.5) is 5.82 Å². The van der Waals surface area contributed by atoms with E-state index in [1.54, 1.807) is 17.7 Å². The molecule has 20 heavy (non-hydrogen) atoms. The first kappa shape index (κ1) is 11.7. The van der Waals surface area contributed by atoms with Gasteiger partial charge in [-0.2, -0.15) is 0 Å². The summed E-state index contributed by atoms with van der Waals surface area (Å²) >= 11 is 1.59. The van der Waals surface area contributed by atoms with Crippen LogP contribution in [0.25, 0.3) is 10.2 Å². The molecule has 102 valence electrons. The van der Waals surface area contributed by atoms with Crippen molar-refractivity contribution in [3.63, 3.8) is 0 Å². The summed E-state index contributed by atoms with van der Waals surface area (Å²) in [6.45, 7) is 3.30. The van der Waals surface area contributed by atoms with Crippen LogP contribution in [0.1, 0.15) is 11.6 Å². The van der Waals surface area contributed by atoms with Gasteiger partial charge in [0.25, 0.3) is 0 Å². The van der Waals surface area contributed by atoms with Crippen molar-refractivity contribution < 1.29 is 0 Å². The van der Waals surface area contributed by atoms with Gasteiger partial charge in [-0.1, -0.05) is 0 Å².